The molecule has 1 heterocycles. The van der Waals surface area contributed by atoms with E-state index in [2.05, 4.69) is 0 Å². The number of hydrogen-bond acceptors (Lipinski definition) is 3. The number of primary amides is 1. The Morgan fingerprint density at radius 2 is 1.85 bits per heavy atom. The summed E-state index contributed by atoms with van der Waals surface area (Å²) >= 11 is 0. The van der Waals surface area contributed by atoms with Gasteiger partial charge < -0.3 is 16.0 Å². The quantitative estimate of drug-likeness (QED) is 0.867. The van der Waals surface area contributed by atoms with Gasteiger partial charge in [0.1, 0.15) is 11.4 Å². The van der Waals surface area contributed by atoms with E-state index >= 15 is 0 Å². The molecule has 1 amide bonds. The van der Waals surface area contributed by atoms with Gasteiger partial charge in [0.25, 0.3) is 5.91 Å². The summed E-state index contributed by atoms with van der Waals surface area (Å²) in [4.78, 5) is 23.6. The first-order valence-corrected chi connectivity index (χ1v) is 6.04. The van der Waals surface area contributed by atoms with Crippen LogP contribution in [-0.2, 0) is 0 Å². The molecule has 1 saturated carbocycles. The van der Waals surface area contributed by atoms with Crippen LogP contribution in [0.2, 0.25) is 0 Å². The van der Waals surface area contributed by atoms with Crippen molar-refractivity contribution in [1.29, 1.82) is 0 Å². The monoisotopic (exact) mass is 279 g/mol. The fraction of sp³-hybridized carbons (Fsp3) is 0.231. The molecule has 1 aromatic carbocycles. The van der Waals surface area contributed by atoms with Crippen LogP contribution in [0.5, 0.6) is 0 Å². The Labute approximate surface area is 111 Å². The number of nitrogens with two attached hydrogens (primary N) is 2. The molecule has 1 aliphatic rings. The number of fused-ring (bicyclic) bond motifs is 1. The third kappa shape index (κ3) is 1.66. The van der Waals surface area contributed by atoms with Crippen LogP contribution in [0.15, 0.2) is 16.9 Å². The van der Waals surface area contributed by atoms with E-state index in [1.54, 1.807) is 0 Å². The SMILES string of the molecule is NC(=O)c1c(N)n(C2CC2)c2cc(F)c(F)cc2c1=O. The second-order valence-corrected chi connectivity index (χ2v) is 4.84. The summed E-state index contributed by atoms with van der Waals surface area (Å²) in [5, 5.41) is -0.0983. The lowest BCUT2D eigenvalue weighted by Gasteiger charge is -2.16. The number of carbonyl (C=O) groups excluding carboxylic acids is 1. The van der Waals surface area contributed by atoms with Crippen LogP contribution < -0.4 is 16.9 Å². The van der Waals surface area contributed by atoms with Gasteiger partial charge in [0.05, 0.1) is 5.52 Å². The molecule has 3 rings (SSSR count). The largest absolute Gasteiger partial charge is 0.384 e. The molecule has 1 aromatic heterocycles. The van der Waals surface area contributed by atoms with Crippen LogP contribution in [0.25, 0.3) is 10.9 Å². The fourth-order valence-corrected chi connectivity index (χ4v) is 2.38. The molecule has 5 nitrogen and oxygen atoms in total. The van der Waals surface area contributed by atoms with E-state index in [-0.39, 0.29) is 28.3 Å². The number of nitrogen functional groups attached to an aromatic ring is 1. The summed E-state index contributed by atoms with van der Waals surface area (Å²) in [6.07, 6.45) is 1.58. The van der Waals surface area contributed by atoms with Crippen molar-refractivity contribution in [3.05, 3.63) is 39.6 Å². The zero-order valence-electron chi connectivity index (χ0n) is 10.3. The van der Waals surface area contributed by atoms with Crippen LogP contribution in [0.3, 0.4) is 0 Å². The highest BCUT2D eigenvalue weighted by Gasteiger charge is 2.30. The molecule has 0 aliphatic heterocycles. The van der Waals surface area contributed by atoms with Gasteiger partial charge in [0.15, 0.2) is 11.6 Å². The molecular weight excluding hydrogens is 268 g/mol. The highest BCUT2D eigenvalue weighted by molar-refractivity contribution is 6.01. The Morgan fingerprint density at radius 1 is 1.25 bits per heavy atom. The highest BCUT2D eigenvalue weighted by Crippen LogP contribution is 2.39. The van der Waals surface area contributed by atoms with Gasteiger partial charge in [-0.1, -0.05) is 0 Å². The molecule has 0 atom stereocenters. The summed E-state index contributed by atoms with van der Waals surface area (Å²) in [5.74, 6) is -3.30. The summed E-state index contributed by atoms with van der Waals surface area (Å²) in [7, 11) is 0. The Balaban J connectivity index is 2.53. The van der Waals surface area contributed by atoms with Gasteiger partial charge in [-0.25, -0.2) is 8.78 Å². The van der Waals surface area contributed by atoms with Gasteiger partial charge in [-0.2, -0.15) is 0 Å². The summed E-state index contributed by atoms with van der Waals surface area (Å²) in [6.45, 7) is 0. The van der Waals surface area contributed by atoms with Crippen LogP contribution in [0.4, 0.5) is 14.6 Å². The van der Waals surface area contributed by atoms with Gasteiger partial charge in [-0.15, -0.1) is 0 Å². The first kappa shape index (κ1) is 12.6. The molecule has 0 bridgehead atoms. The Morgan fingerprint density at radius 3 is 2.40 bits per heavy atom. The summed E-state index contributed by atoms with van der Waals surface area (Å²) in [5.41, 5.74) is 10.0. The van der Waals surface area contributed by atoms with Crippen molar-refractivity contribution in [2.24, 2.45) is 5.73 Å². The average molecular weight is 279 g/mol. The number of hydrogen-bond donors (Lipinski definition) is 2. The van der Waals surface area contributed by atoms with Crippen LogP contribution in [-0.4, -0.2) is 10.5 Å². The Hall–Kier alpha value is -2.44. The Kier molecular flexibility index (Phi) is 2.53. The maximum absolute atomic E-state index is 13.4. The smallest absolute Gasteiger partial charge is 0.256 e. The van der Waals surface area contributed by atoms with E-state index in [1.165, 1.54) is 4.57 Å². The normalized spacial score (nSPS) is 14.7. The molecule has 4 N–H and O–H groups in total. The molecule has 0 unspecified atom stereocenters. The third-order valence-electron chi connectivity index (χ3n) is 3.44. The molecule has 1 fully saturated rings. The molecule has 2 aromatic rings. The van der Waals surface area contributed by atoms with Crippen molar-refractivity contribution in [2.75, 3.05) is 5.73 Å². The van der Waals surface area contributed by atoms with E-state index in [4.69, 9.17) is 11.5 Å². The van der Waals surface area contributed by atoms with Crippen molar-refractivity contribution in [3.8, 4) is 0 Å². The van der Waals surface area contributed by atoms with Crippen molar-refractivity contribution in [2.45, 2.75) is 18.9 Å². The van der Waals surface area contributed by atoms with Crippen LogP contribution >= 0.6 is 0 Å². The summed E-state index contributed by atoms with van der Waals surface area (Å²) < 4.78 is 28.2. The van der Waals surface area contributed by atoms with Crippen molar-refractivity contribution >= 4 is 22.6 Å². The van der Waals surface area contributed by atoms with Gasteiger partial charge >= 0.3 is 0 Å². The molecule has 20 heavy (non-hydrogen) atoms. The number of aromatic nitrogens is 1. The van der Waals surface area contributed by atoms with Gasteiger partial charge in [-0.3, -0.25) is 9.59 Å². The maximum atomic E-state index is 13.4. The standard InChI is InChI=1S/C13H11F2N3O2/c14-7-3-6-9(4-8(7)15)18(5-1-2-5)12(16)10(11(6)19)13(17)20/h3-5H,1-2,16H2,(H2,17,20). The van der Waals surface area contributed by atoms with E-state index in [9.17, 15) is 18.4 Å². The van der Waals surface area contributed by atoms with Crippen LogP contribution in [0.1, 0.15) is 29.2 Å². The predicted octanol–water partition coefficient (Wildman–Crippen LogP) is 1.30. The van der Waals surface area contributed by atoms with Crippen molar-refractivity contribution in [3.63, 3.8) is 0 Å². The van der Waals surface area contributed by atoms with E-state index < -0.39 is 23.0 Å². The number of nitrogens with zero attached hydrogens (tertiary/aromatic N) is 1. The number of benzene rings is 1. The summed E-state index contributed by atoms with van der Waals surface area (Å²) in [6, 6.07) is 1.67. The number of anilines is 1. The number of carbonyl (C=O) groups is 1. The van der Waals surface area contributed by atoms with Crippen molar-refractivity contribution < 1.29 is 13.6 Å². The lowest BCUT2D eigenvalue weighted by Crippen LogP contribution is -2.27. The third-order valence-corrected chi connectivity index (χ3v) is 3.44. The first-order chi connectivity index (χ1) is 9.41. The number of pyridine rings is 1. The minimum Gasteiger partial charge on any atom is -0.384 e. The molecule has 0 radical (unpaired) electrons. The Bertz CT molecular complexity index is 810. The van der Waals surface area contributed by atoms with Crippen LogP contribution in [0, 0.1) is 11.6 Å². The molecule has 104 valence electrons. The van der Waals surface area contributed by atoms with Crippen molar-refractivity contribution in [1.82, 2.24) is 4.57 Å². The average Bonchev–Trinajstić information content (AvgIpc) is 3.16. The molecule has 0 saturated heterocycles. The van der Waals surface area contributed by atoms with Gasteiger partial charge in [0, 0.05) is 17.5 Å². The highest BCUT2D eigenvalue weighted by atomic mass is 19.2. The first-order valence-electron chi connectivity index (χ1n) is 6.04. The molecule has 7 heteroatoms. The van der Waals surface area contributed by atoms with Gasteiger partial charge in [-0.05, 0) is 18.9 Å². The predicted molar refractivity (Wildman–Crippen MR) is 69.3 cm³/mol. The number of amides is 1. The lowest BCUT2D eigenvalue weighted by molar-refractivity contribution is 0.1000. The molecular formula is C13H11F2N3O2. The number of rotatable bonds is 2. The van der Waals surface area contributed by atoms with E-state index in [0.717, 1.165) is 25.0 Å². The molecule has 0 spiro atoms. The number of halogens is 2. The van der Waals surface area contributed by atoms with Gasteiger partial charge in [0.2, 0.25) is 5.43 Å². The lowest BCUT2D eigenvalue weighted by atomic mass is 10.1. The minimum absolute atomic E-state index is 0.0268. The molecule has 1 aliphatic carbocycles. The topological polar surface area (TPSA) is 91.1 Å². The van der Waals surface area contributed by atoms with E-state index in [1.807, 2.05) is 0 Å². The zero-order chi connectivity index (χ0) is 14.6. The second-order valence-electron chi connectivity index (χ2n) is 4.84. The second kappa shape index (κ2) is 4.03. The zero-order valence-corrected chi connectivity index (χ0v) is 10.3. The fourth-order valence-electron chi connectivity index (χ4n) is 2.38. The van der Waals surface area contributed by atoms with E-state index in [0.29, 0.717) is 0 Å². The minimum atomic E-state index is -1.16. The maximum Gasteiger partial charge on any atom is 0.256 e.